The van der Waals surface area contributed by atoms with Gasteiger partial charge in [-0.25, -0.2) is 0 Å². The summed E-state index contributed by atoms with van der Waals surface area (Å²) in [6, 6.07) is 75.3. The average Bonchev–Trinajstić information content (AvgIpc) is 3.65. The van der Waals surface area contributed by atoms with Gasteiger partial charge in [-0.3, -0.25) is 0 Å². The highest BCUT2D eigenvalue weighted by Gasteiger charge is 2.25. The van der Waals surface area contributed by atoms with Gasteiger partial charge in [0, 0.05) is 27.8 Å². The topological polar surface area (TPSA) is 8.17 Å². The third kappa shape index (κ3) is 5.90. The Balaban J connectivity index is 1.15. The Hall–Kier alpha value is -7.42. The van der Waals surface area contributed by atoms with Gasteiger partial charge in [0.1, 0.15) is 0 Å². The van der Waals surface area contributed by atoms with Crippen LogP contribution in [0, 0.1) is 0 Å². The summed E-state index contributed by atoms with van der Waals surface area (Å²) in [5.74, 6) is 0. The summed E-state index contributed by atoms with van der Waals surface area (Å²) in [5, 5.41) is 7.56. The van der Waals surface area contributed by atoms with Crippen LogP contribution in [-0.2, 0) is 0 Å². The molecule has 1 aliphatic carbocycles. The van der Waals surface area contributed by atoms with Gasteiger partial charge in [0.25, 0.3) is 0 Å². The predicted molar refractivity (Wildman–Crippen MR) is 247 cm³/mol. The smallest absolute Gasteiger partial charge is 0.0565 e. The second-order valence-corrected chi connectivity index (χ2v) is 15.3. The van der Waals surface area contributed by atoms with Crippen molar-refractivity contribution in [3.05, 3.63) is 230 Å². The van der Waals surface area contributed by atoms with Gasteiger partial charge in [-0.15, -0.1) is 0 Å². The first kappa shape index (κ1) is 33.9. The van der Waals surface area contributed by atoms with E-state index in [9.17, 15) is 0 Å². The molecule has 1 aromatic heterocycles. The fraction of sp³-hybridized carbons (Fsp3) is 0.0357. The van der Waals surface area contributed by atoms with Crippen LogP contribution in [0.3, 0.4) is 0 Å². The van der Waals surface area contributed by atoms with Crippen molar-refractivity contribution in [2.75, 3.05) is 4.90 Å². The van der Waals surface area contributed by atoms with Crippen LogP contribution in [0.5, 0.6) is 0 Å². The highest BCUT2D eigenvalue weighted by molar-refractivity contribution is 6.24. The minimum Gasteiger partial charge on any atom is -0.334 e. The molecule has 0 aliphatic heterocycles. The molecular weight excluding hydrogens is 701 g/mol. The molecule has 0 spiro atoms. The summed E-state index contributed by atoms with van der Waals surface area (Å²) in [6.45, 7) is 0. The average molecular weight is 741 g/mol. The van der Waals surface area contributed by atoms with Gasteiger partial charge < -0.3 is 9.47 Å². The molecule has 1 unspecified atom stereocenters. The monoisotopic (exact) mass is 740 g/mol. The number of rotatable bonds is 7. The maximum absolute atomic E-state index is 2.57. The van der Waals surface area contributed by atoms with E-state index in [1.807, 2.05) is 0 Å². The van der Waals surface area contributed by atoms with E-state index < -0.39 is 0 Å². The number of hydrogen-bond acceptors (Lipinski definition) is 1. The zero-order chi connectivity index (χ0) is 38.4. The molecule has 1 heterocycles. The summed E-state index contributed by atoms with van der Waals surface area (Å²) in [4.78, 5) is 2.57. The second kappa shape index (κ2) is 14.3. The molecule has 0 bridgehead atoms. The first-order valence-electron chi connectivity index (χ1n) is 20.2. The van der Waals surface area contributed by atoms with Crippen molar-refractivity contribution in [3.8, 4) is 27.9 Å². The number of anilines is 2. The highest BCUT2D eigenvalue weighted by Crippen LogP contribution is 2.43. The van der Waals surface area contributed by atoms with Gasteiger partial charge in [-0.2, -0.15) is 0 Å². The number of allylic oxidation sites excluding steroid dienone is 2. The maximum Gasteiger partial charge on any atom is 0.0565 e. The van der Waals surface area contributed by atoms with Gasteiger partial charge in [-0.1, -0.05) is 170 Å². The summed E-state index contributed by atoms with van der Waals surface area (Å²) >= 11 is 0. The van der Waals surface area contributed by atoms with E-state index in [0.717, 1.165) is 17.8 Å². The first-order valence-corrected chi connectivity index (χ1v) is 20.2. The zero-order valence-corrected chi connectivity index (χ0v) is 32.0. The van der Waals surface area contributed by atoms with Gasteiger partial charge in [-0.05, 0) is 116 Å². The number of aromatic nitrogens is 1. The number of benzene rings is 9. The molecule has 10 aromatic rings. The van der Waals surface area contributed by atoms with Crippen molar-refractivity contribution in [2.45, 2.75) is 12.5 Å². The molecule has 11 rings (SSSR count). The van der Waals surface area contributed by atoms with Crippen LogP contribution in [0.4, 0.5) is 11.4 Å². The SMILES string of the molecule is C1=CC(c2cccc3c2c2c4ccccc4ccc2n3-c2ccccc2)=CC(N(c2cc(-c3ccccc3)cc(-c3ccccc3)c2)c2ccc3ccccc3c2)C1. The minimum absolute atomic E-state index is 0.0466. The van der Waals surface area contributed by atoms with Gasteiger partial charge in [0.2, 0.25) is 0 Å². The fourth-order valence-electron chi connectivity index (χ4n) is 9.15. The second-order valence-electron chi connectivity index (χ2n) is 15.3. The quantitative estimate of drug-likeness (QED) is 0.158. The van der Waals surface area contributed by atoms with Crippen LogP contribution in [0.2, 0.25) is 0 Å². The molecular formula is C56H40N2. The molecule has 2 heteroatoms. The van der Waals surface area contributed by atoms with Gasteiger partial charge >= 0.3 is 0 Å². The van der Waals surface area contributed by atoms with Gasteiger partial charge in [0.15, 0.2) is 0 Å². The largest absolute Gasteiger partial charge is 0.334 e. The van der Waals surface area contributed by atoms with E-state index in [-0.39, 0.29) is 6.04 Å². The Morgan fingerprint density at radius 2 is 1.05 bits per heavy atom. The predicted octanol–water partition coefficient (Wildman–Crippen LogP) is 15.0. The lowest BCUT2D eigenvalue weighted by atomic mass is 9.91. The molecule has 274 valence electrons. The number of nitrogens with zero attached hydrogens (tertiary/aromatic N) is 2. The van der Waals surface area contributed by atoms with Crippen LogP contribution in [0.15, 0.2) is 224 Å². The van der Waals surface area contributed by atoms with E-state index in [1.165, 1.54) is 82.4 Å². The van der Waals surface area contributed by atoms with Crippen LogP contribution >= 0.6 is 0 Å². The molecule has 1 atom stereocenters. The molecule has 0 N–H and O–H groups in total. The highest BCUT2D eigenvalue weighted by atomic mass is 15.2. The summed E-state index contributed by atoms with van der Waals surface area (Å²) in [5.41, 5.74) is 13.2. The van der Waals surface area contributed by atoms with Gasteiger partial charge in [0.05, 0.1) is 17.1 Å². The Morgan fingerprint density at radius 3 is 1.79 bits per heavy atom. The summed E-state index contributed by atoms with van der Waals surface area (Å²) in [6.07, 6.45) is 8.10. The van der Waals surface area contributed by atoms with Crippen LogP contribution in [-0.4, -0.2) is 10.6 Å². The zero-order valence-electron chi connectivity index (χ0n) is 32.0. The fourth-order valence-corrected chi connectivity index (χ4v) is 9.15. The third-order valence-corrected chi connectivity index (χ3v) is 11.8. The Morgan fingerprint density at radius 1 is 0.431 bits per heavy atom. The van der Waals surface area contributed by atoms with Crippen molar-refractivity contribution in [1.29, 1.82) is 0 Å². The lowest BCUT2D eigenvalue weighted by Crippen LogP contribution is -2.30. The van der Waals surface area contributed by atoms with Crippen molar-refractivity contribution in [1.82, 2.24) is 4.57 Å². The third-order valence-electron chi connectivity index (χ3n) is 11.8. The van der Waals surface area contributed by atoms with Crippen molar-refractivity contribution >= 4 is 60.3 Å². The van der Waals surface area contributed by atoms with Crippen molar-refractivity contribution in [3.63, 3.8) is 0 Å². The molecule has 9 aromatic carbocycles. The molecule has 0 saturated carbocycles. The van der Waals surface area contributed by atoms with E-state index in [0.29, 0.717) is 0 Å². The normalized spacial score (nSPS) is 14.0. The lowest BCUT2D eigenvalue weighted by molar-refractivity contribution is 0.788. The number of fused-ring (bicyclic) bond motifs is 6. The van der Waals surface area contributed by atoms with E-state index in [4.69, 9.17) is 0 Å². The number of para-hydroxylation sites is 1. The maximum atomic E-state index is 2.57. The van der Waals surface area contributed by atoms with Crippen molar-refractivity contribution in [2.24, 2.45) is 0 Å². The summed E-state index contributed by atoms with van der Waals surface area (Å²) < 4.78 is 2.44. The summed E-state index contributed by atoms with van der Waals surface area (Å²) in [7, 11) is 0. The van der Waals surface area contributed by atoms with E-state index in [2.05, 4.69) is 234 Å². The van der Waals surface area contributed by atoms with Crippen LogP contribution < -0.4 is 4.90 Å². The molecule has 0 radical (unpaired) electrons. The van der Waals surface area contributed by atoms with E-state index in [1.54, 1.807) is 0 Å². The molecule has 2 nitrogen and oxygen atoms in total. The Bertz CT molecular complexity index is 3130. The van der Waals surface area contributed by atoms with E-state index >= 15 is 0 Å². The van der Waals surface area contributed by atoms with Crippen molar-refractivity contribution < 1.29 is 0 Å². The Labute approximate surface area is 338 Å². The standard InChI is InChI=1S/C56H40N2/c1-4-16-39(17-5-1)45-34-46(40-18-6-2-7-19-40)38-50(37-45)57(49-32-30-41-20-10-11-22-43(41)35-49)48-26-14-23-44(36-48)52-28-15-29-53-56(52)55-51-27-13-12-21-42(51)31-33-54(55)58(53)47-24-8-3-9-25-47/h1-25,27-38,48H,26H2. The molecule has 0 fully saturated rings. The van der Waals surface area contributed by atoms with Crippen LogP contribution in [0.1, 0.15) is 12.0 Å². The Kier molecular flexibility index (Phi) is 8.33. The first-order chi connectivity index (χ1) is 28.8. The molecule has 0 saturated heterocycles. The lowest BCUT2D eigenvalue weighted by Gasteiger charge is -2.34. The molecule has 58 heavy (non-hydrogen) atoms. The minimum atomic E-state index is 0.0466. The molecule has 1 aliphatic rings. The van der Waals surface area contributed by atoms with Crippen LogP contribution in [0.25, 0.3) is 76.9 Å². The number of hydrogen-bond donors (Lipinski definition) is 0. The molecule has 0 amide bonds.